The summed E-state index contributed by atoms with van der Waals surface area (Å²) in [6, 6.07) is 14.1. The van der Waals surface area contributed by atoms with Crippen LogP contribution in [0.4, 0.5) is 9.59 Å². The summed E-state index contributed by atoms with van der Waals surface area (Å²) in [4.78, 5) is 85.8. The van der Waals surface area contributed by atoms with Crippen molar-refractivity contribution in [1.29, 1.82) is 0 Å². The fourth-order valence-electron chi connectivity index (χ4n) is 6.58. The summed E-state index contributed by atoms with van der Waals surface area (Å²) < 4.78 is 17.2. The number of H-pyrrole nitrogens is 1. The molecule has 6 amide bonds. The highest BCUT2D eigenvalue weighted by Crippen LogP contribution is 2.30. The van der Waals surface area contributed by atoms with Gasteiger partial charge in [0, 0.05) is 74.2 Å². The number of hydrogen-bond donors (Lipinski definition) is 5. The lowest BCUT2D eigenvalue weighted by molar-refractivity contribution is -0.131. The number of hydrogen-bond acceptors (Lipinski definition) is 10. The van der Waals surface area contributed by atoms with E-state index in [1.54, 1.807) is 52.6 Å². The molecule has 19 heteroatoms. The van der Waals surface area contributed by atoms with E-state index in [1.807, 2.05) is 48.5 Å². The minimum Gasteiger partial charge on any atom is -0.488 e. The highest BCUT2D eigenvalue weighted by Gasteiger charge is 2.26. The van der Waals surface area contributed by atoms with Gasteiger partial charge in [-0.05, 0) is 109 Å². The lowest BCUT2D eigenvalue weighted by atomic mass is 10.1. The van der Waals surface area contributed by atoms with Crippen LogP contribution in [-0.4, -0.2) is 114 Å². The molecule has 2 aromatic carbocycles. The second kappa shape index (κ2) is 27.0. The van der Waals surface area contributed by atoms with E-state index in [0.717, 1.165) is 16.5 Å². The molecular weight excluding hydrogens is 837 g/mol. The molecule has 1 heterocycles. The quantitative estimate of drug-likeness (QED) is 0.0245. The molecule has 0 spiro atoms. The number of nitrogens with two attached hydrogens (primary N) is 1. The minimum atomic E-state index is -1.16. The fourth-order valence-corrected chi connectivity index (χ4v) is 6.58. The molecule has 1 aromatic heterocycles. The van der Waals surface area contributed by atoms with Crippen molar-refractivity contribution in [3.8, 4) is 5.75 Å². The van der Waals surface area contributed by atoms with Gasteiger partial charge in [-0.3, -0.25) is 19.2 Å². The first-order valence-corrected chi connectivity index (χ1v) is 22.2. The lowest BCUT2D eigenvalue weighted by Crippen LogP contribution is -2.49. The maximum atomic E-state index is 13.2. The summed E-state index contributed by atoms with van der Waals surface area (Å²) in [6.45, 7) is 13.0. The van der Waals surface area contributed by atoms with Crippen molar-refractivity contribution >= 4 is 46.7 Å². The van der Waals surface area contributed by atoms with Crippen LogP contribution < -0.4 is 26.4 Å². The zero-order valence-corrected chi connectivity index (χ0v) is 38.8. The second-order valence-electron chi connectivity index (χ2n) is 17.6. The number of nitrogens with zero attached hydrogens (tertiary/aromatic N) is 5. The van der Waals surface area contributed by atoms with E-state index in [9.17, 15) is 28.8 Å². The topological polar surface area (TPSA) is 263 Å². The van der Waals surface area contributed by atoms with Crippen molar-refractivity contribution in [2.75, 3.05) is 45.8 Å². The Morgan fingerprint density at radius 3 is 2.00 bits per heavy atom. The van der Waals surface area contributed by atoms with Crippen molar-refractivity contribution in [3.05, 3.63) is 76.3 Å². The van der Waals surface area contributed by atoms with Gasteiger partial charge < -0.3 is 50.7 Å². The first kappa shape index (κ1) is 52.9. The molecule has 0 saturated carbocycles. The van der Waals surface area contributed by atoms with Gasteiger partial charge in [-0.15, -0.1) is 0 Å². The van der Waals surface area contributed by atoms with Crippen molar-refractivity contribution in [1.82, 2.24) is 30.7 Å². The highest BCUT2D eigenvalue weighted by atomic mass is 16.6. The Morgan fingerprint density at radius 2 is 1.38 bits per heavy atom. The number of benzene rings is 2. The molecule has 3 rings (SSSR count). The third kappa shape index (κ3) is 21.2. The maximum Gasteiger partial charge on any atom is 0.410 e. The van der Waals surface area contributed by atoms with Crippen LogP contribution in [0.2, 0.25) is 0 Å². The largest absolute Gasteiger partial charge is 0.488 e. The molecule has 65 heavy (non-hydrogen) atoms. The van der Waals surface area contributed by atoms with E-state index in [2.05, 4.69) is 31.0 Å². The van der Waals surface area contributed by atoms with Crippen LogP contribution in [0.1, 0.15) is 104 Å². The molecule has 0 aliphatic rings. The Balaban J connectivity index is 1.41. The van der Waals surface area contributed by atoms with Crippen LogP contribution >= 0.6 is 0 Å². The van der Waals surface area contributed by atoms with Crippen LogP contribution in [0, 0.1) is 0 Å². The highest BCUT2D eigenvalue weighted by molar-refractivity contribution is 5.95. The van der Waals surface area contributed by atoms with E-state index in [0.29, 0.717) is 82.6 Å². The van der Waals surface area contributed by atoms with Gasteiger partial charge in [0.1, 0.15) is 29.6 Å². The molecule has 3 aromatic rings. The summed E-state index contributed by atoms with van der Waals surface area (Å²) in [7, 11) is 0. The molecule has 0 unspecified atom stereocenters. The molecule has 6 N–H and O–H groups in total. The van der Waals surface area contributed by atoms with Gasteiger partial charge in [0.25, 0.3) is 0 Å². The Labute approximate surface area is 381 Å². The molecular formula is C46H68N10O9. The second-order valence-corrected chi connectivity index (χ2v) is 17.6. The number of amides is 6. The average Bonchev–Trinajstić information content (AvgIpc) is 3.64. The fraction of sp³-hybridized carbons (Fsp3) is 0.565. The summed E-state index contributed by atoms with van der Waals surface area (Å²) in [5, 5.41) is 12.6. The van der Waals surface area contributed by atoms with Gasteiger partial charge in [0.05, 0.1) is 12.8 Å². The molecule has 0 aliphatic heterocycles. The maximum absolute atomic E-state index is 13.2. The average molecular weight is 905 g/mol. The number of rotatable bonds is 27. The third-order valence-electron chi connectivity index (χ3n) is 9.64. The van der Waals surface area contributed by atoms with Crippen molar-refractivity contribution < 1.29 is 43.0 Å². The lowest BCUT2D eigenvalue weighted by Gasteiger charge is -2.29. The van der Waals surface area contributed by atoms with Gasteiger partial charge in [-0.25, -0.2) is 9.59 Å². The van der Waals surface area contributed by atoms with Crippen LogP contribution in [0.5, 0.6) is 5.75 Å². The van der Waals surface area contributed by atoms with E-state index in [4.69, 9.17) is 25.5 Å². The number of primary amides is 1. The normalized spacial score (nSPS) is 11.7. The molecule has 0 radical (unpaired) electrons. The smallest absolute Gasteiger partial charge is 0.410 e. The first-order chi connectivity index (χ1) is 30.8. The summed E-state index contributed by atoms with van der Waals surface area (Å²) in [6.07, 6.45) is 3.72. The van der Waals surface area contributed by atoms with Gasteiger partial charge in [0.2, 0.25) is 23.6 Å². The Hall–Kier alpha value is -6.49. The number of azide groups is 1. The van der Waals surface area contributed by atoms with Crippen molar-refractivity contribution in [2.45, 2.75) is 123 Å². The van der Waals surface area contributed by atoms with Gasteiger partial charge >= 0.3 is 12.2 Å². The predicted octanol–water partition coefficient (Wildman–Crippen LogP) is 6.40. The zero-order valence-electron chi connectivity index (χ0n) is 38.8. The van der Waals surface area contributed by atoms with Crippen LogP contribution in [0.25, 0.3) is 21.3 Å². The number of nitrogens with one attached hydrogen (secondary N) is 4. The Bertz CT molecular complexity index is 2060. The van der Waals surface area contributed by atoms with Crippen molar-refractivity contribution in [2.24, 2.45) is 10.8 Å². The van der Waals surface area contributed by atoms with Crippen molar-refractivity contribution in [3.63, 3.8) is 0 Å². The number of ether oxygens (including phenoxy) is 3. The molecule has 356 valence electrons. The standard InChI is InChI=1S/C46H68N10O9/c1-45(2,3)64-43(61)55(27-16-24-52-54-48)25-13-14-26-56(44(62)65-46(4,5)6)28-21-39(58)49-22-11-8-12-23-50-42(60)36(30-38(47)57)53-40(59)29-34-31-51-35-19-15-20-37(41(34)35)63-32-33-17-9-7-10-18-33/h7,9-10,15,17-20,31,36,51H,8,11-14,16,21-30,32H2,1-6H3,(H2,47,57)(H,49,58)(H,50,60)(H,53,59)/t36-/m0/s1. The third-order valence-corrected chi connectivity index (χ3v) is 9.64. The minimum absolute atomic E-state index is 0.0508. The number of unbranched alkanes of at least 4 members (excludes halogenated alkanes) is 3. The number of carbonyl (C=O) groups is 6. The number of aromatic nitrogens is 1. The molecule has 0 bridgehead atoms. The van der Waals surface area contributed by atoms with E-state index in [1.165, 1.54) is 4.90 Å². The molecule has 0 fully saturated rings. The van der Waals surface area contributed by atoms with Crippen LogP contribution in [-0.2, 0) is 41.7 Å². The van der Waals surface area contributed by atoms with Gasteiger partial charge in [0.15, 0.2) is 0 Å². The number of aromatic amines is 1. The van der Waals surface area contributed by atoms with E-state index < -0.39 is 47.2 Å². The number of carbonyl (C=O) groups excluding carboxylic acids is 6. The van der Waals surface area contributed by atoms with E-state index in [-0.39, 0.29) is 44.8 Å². The summed E-state index contributed by atoms with van der Waals surface area (Å²) in [5.74, 6) is -1.37. The molecule has 0 saturated heterocycles. The summed E-state index contributed by atoms with van der Waals surface area (Å²) >= 11 is 0. The molecule has 0 aliphatic carbocycles. The SMILES string of the molecule is CC(C)(C)OC(=O)N(CCCCN(CCC(=O)NCCCCCNC(=O)[C@H](CC(N)=O)NC(=O)Cc1c[nH]c2cccc(OCc3ccccc3)c12)C(=O)OC(C)(C)C)CCCN=[N+]=[N-]. The number of fused-ring (bicyclic) bond motifs is 1. The Morgan fingerprint density at radius 1 is 0.769 bits per heavy atom. The molecule has 19 nitrogen and oxygen atoms in total. The zero-order chi connectivity index (χ0) is 47.8. The van der Waals surface area contributed by atoms with Gasteiger partial charge in [-0.1, -0.05) is 41.5 Å². The van der Waals surface area contributed by atoms with Gasteiger partial charge in [-0.2, -0.15) is 0 Å². The predicted molar refractivity (Wildman–Crippen MR) is 246 cm³/mol. The first-order valence-electron chi connectivity index (χ1n) is 22.2. The summed E-state index contributed by atoms with van der Waals surface area (Å²) in [5.41, 5.74) is 15.0. The monoisotopic (exact) mass is 905 g/mol. The van der Waals surface area contributed by atoms with Crippen LogP contribution in [0.15, 0.2) is 59.8 Å². The Kier molecular flexibility index (Phi) is 21.9. The van der Waals surface area contributed by atoms with Crippen LogP contribution in [0.3, 0.4) is 0 Å². The van der Waals surface area contributed by atoms with E-state index >= 15 is 0 Å². The molecule has 1 atom stereocenters.